The van der Waals surface area contributed by atoms with Gasteiger partial charge in [-0.1, -0.05) is 11.6 Å². The summed E-state index contributed by atoms with van der Waals surface area (Å²) >= 11 is 5.87. The predicted molar refractivity (Wildman–Crippen MR) is 77.1 cm³/mol. The lowest BCUT2D eigenvalue weighted by Gasteiger charge is -2.12. The first-order valence-electron chi connectivity index (χ1n) is 6.23. The average molecular weight is 318 g/mol. The Morgan fingerprint density at radius 1 is 1.50 bits per heavy atom. The van der Waals surface area contributed by atoms with E-state index in [1.165, 1.54) is 13.2 Å². The Morgan fingerprint density at radius 3 is 2.85 bits per heavy atom. The number of halogens is 1. The molecular formula is C13H16ClNO4S. The van der Waals surface area contributed by atoms with Crippen LogP contribution in [-0.2, 0) is 9.84 Å². The molecule has 2 rings (SSSR count). The fraction of sp³-hybridized carbons (Fsp3) is 0.462. The van der Waals surface area contributed by atoms with E-state index in [1.807, 2.05) is 0 Å². The minimum atomic E-state index is -2.92. The van der Waals surface area contributed by atoms with Gasteiger partial charge < -0.3 is 10.1 Å². The number of ether oxygens (including phenoxy) is 1. The first-order chi connectivity index (χ1) is 9.41. The first-order valence-corrected chi connectivity index (χ1v) is 8.43. The van der Waals surface area contributed by atoms with Gasteiger partial charge >= 0.3 is 0 Å². The lowest BCUT2D eigenvalue weighted by molar-refractivity contribution is 0.0945. The molecule has 0 saturated carbocycles. The molecule has 1 aliphatic heterocycles. The summed E-state index contributed by atoms with van der Waals surface area (Å²) < 4.78 is 27.8. The fourth-order valence-electron chi connectivity index (χ4n) is 2.22. The van der Waals surface area contributed by atoms with Crippen LogP contribution in [-0.4, -0.2) is 39.5 Å². The number of nitrogens with one attached hydrogen (secondary N) is 1. The van der Waals surface area contributed by atoms with Gasteiger partial charge in [0.25, 0.3) is 5.91 Å². The summed E-state index contributed by atoms with van der Waals surface area (Å²) in [5.41, 5.74) is 0.348. The highest BCUT2D eigenvalue weighted by molar-refractivity contribution is 7.91. The van der Waals surface area contributed by atoms with Crippen molar-refractivity contribution in [1.29, 1.82) is 0 Å². The Hall–Kier alpha value is -1.27. The normalized spacial score (nSPS) is 20.6. The highest BCUT2D eigenvalue weighted by atomic mass is 35.5. The zero-order valence-electron chi connectivity index (χ0n) is 11.1. The van der Waals surface area contributed by atoms with Crippen LogP contribution in [0.25, 0.3) is 0 Å². The average Bonchev–Trinajstić information content (AvgIpc) is 2.75. The number of methoxy groups -OCH3 is 1. The molecule has 1 aromatic carbocycles. The van der Waals surface area contributed by atoms with Crippen molar-refractivity contribution in [2.45, 2.75) is 6.42 Å². The zero-order valence-corrected chi connectivity index (χ0v) is 12.6. The molecule has 110 valence electrons. The maximum Gasteiger partial charge on any atom is 0.255 e. The van der Waals surface area contributed by atoms with E-state index < -0.39 is 9.84 Å². The third-order valence-corrected chi connectivity index (χ3v) is 5.36. The van der Waals surface area contributed by atoms with Crippen molar-refractivity contribution in [3.63, 3.8) is 0 Å². The molecular weight excluding hydrogens is 302 g/mol. The predicted octanol–water partition coefficient (Wildman–Crippen LogP) is 1.51. The van der Waals surface area contributed by atoms with Gasteiger partial charge in [0.05, 0.1) is 24.2 Å². The molecule has 1 fully saturated rings. The van der Waals surface area contributed by atoms with Gasteiger partial charge in [0.2, 0.25) is 0 Å². The van der Waals surface area contributed by atoms with Crippen LogP contribution >= 0.6 is 11.6 Å². The van der Waals surface area contributed by atoms with Crippen molar-refractivity contribution in [3.8, 4) is 5.75 Å². The van der Waals surface area contributed by atoms with Gasteiger partial charge in [-0.25, -0.2) is 8.42 Å². The number of carbonyl (C=O) groups excluding carboxylic acids is 1. The Labute approximate surface area is 123 Å². The SMILES string of the molecule is COc1ccc(Cl)cc1C(=O)NCC1CCS(=O)(=O)C1. The van der Waals surface area contributed by atoms with Crippen molar-refractivity contribution in [2.24, 2.45) is 5.92 Å². The van der Waals surface area contributed by atoms with Crippen molar-refractivity contribution in [1.82, 2.24) is 5.32 Å². The Morgan fingerprint density at radius 2 is 2.25 bits per heavy atom. The van der Waals surface area contributed by atoms with Gasteiger partial charge in [0.15, 0.2) is 9.84 Å². The van der Waals surface area contributed by atoms with Crippen LogP contribution in [0.5, 0.6) is 5.75 Å². The third-order valence-electron chi connectivity index (χ3n) is 3.28. The van der Waals surface area contributed by atoms with E-state index >= 15 is 0 Å². The van der Waals surface area contributed by atoms with Crippen LogP contribution in [0.3, 0.4) is 0 Å². The molecule has 7 heteroatoms. The van der Waals surface area contributed by atoms with E-state index in [-0.39, 0.29) is 23.3 Å². The van der Waals surface area contributed by atoms with Gasteiger partial charge in [0, 0.05) is 11.6 Å². The quantitative estimate of drug-likeness (QED) is 0.913. The summed E-state index contributed by atoms with van der Waals surface area (Å²) in [7, 11) is -1.45. The van der Waals surface area contributed by atoms with E-state index in [1.54, 1.807) is 12.1 Å². The van der Waals surface area contributed by atoms with Gasteiger partial charge in [0.1, 0.15) is 5.75 Å². The van der Waals surface area contributed by atoms with Crippen LogP contribution in [0, 0.1) is 5.92 Å². The first kappa shape index (κ1) is 15.1. The smallest absolute Gasteiger partial charge is 0.255 e. The monoisotopic (exact) mass is 317 g/mol. The minimum Gasteiger partial charge on any atom is -0.496 e. The molecule has 0 bridgehead atoms. The van der Waals surface area contributed by atoms with Crippen LogP contribution in [0.4, 0.5) is 0 Å². The van der Waals surface area contributed by atoms with E-state index in [2.05, 4.69) is 5.32 Å². The molecule has 0 spiro atoms. The molecule has 1 N–H and O–H groups in total. The molecule has 0 aliphatic carbocycles. The van der Waals surface area contributed by atoms with Gasteiger partial charge in [-0.2, -0.15) is 0 Å². The number of rotatable bonds is 4. The topological polar surface area (TPSA) is 72.5 Å². The summed E-state index contributed by atoms with van der Waals surface area (Å²) in [6.07, 6.45) is 0.593. The Kier molecular flexibility index (Phi) is 4.55. The lowest BCUT2D eigenvalue weighted by atomic mass is 10.1. The number of hydrogen-bond donors (Lipinski definition) is 1. The van der Waals surface area contributed by atoms with Crippen molar-refractivity contribution < 1.29 is 17.9 Å². The van der Waals surface area contributed by atoms with E-state index in [0.29, 0.717) is 29.3 Å². The number of amides is 1. The van der Waals surface area contributed by atoms with E-state index in [0.717, 1.165) is 0 Å². The van der Waals surface area contributed by atoms with Crippen LogP contribution in [0.1, 0.15) is 16.8 Å². The molecule has 1 unspecified atom stereocenters. The van der Waals surface area contributed by atoms with Crippen LogP contribution in [0.15, 0.2) is 18.2 Å². The van der Waals surface area contributed by atoms with E-state index in [9.17, 15) is 13.2 Å². The number of carbonyl (C=O) groups is 1. The molecule has 0 radical (unpaired) electrons. The Bertz CT molecular complexity index is 615. The molecule has 1 heterocycles. The van der Waals surface area contributed by atoms with Crippen molar-refractivity contribution in [3.05, 3.63) is 28.8 Å². The molecule has 0 aromatic heterocycles. The third kappa shape index (κ3) is 3.64. The largest absolute Gasteiger partial charge is 0.496 e. The Balaban J connectivity index is 2.00. The summed E-state index contributed by atoms with van der Waals surface area (Å²) in [6.45, 7) is 0.341. The van der Waals surface area contributed by atoms with Crippen molar-refractivity contribution in [2.75, 3.05) is 25.2 Å². The second kappa shape index (κ2) is 6.01. The second-order valence-electron chi connectivity index (χ2n) is 4.82. The molecule has 1 aromatic rings. The van der Waals surface area contributed by atoms with Gasteiger partial charge in [-0.3, -0.25) is 4.79 Å². The number of benzene rings is 1. The van der Waals surface area contributed by atoms with Crippen LogP contribution in [0.2, 0.25) is 5.02 Å². The van der Waals surface area contributed by atoms with E-state index in [4.69, 9.17) is 16.3 Å². The van der Waals surface area contributed by atoms with Gasteiger partial charge in [-0.05, 0) is 30.5 Å². The number of hydrogen-bond acceptors (Lipinski definition) is 4. The van der Waals surface area contributed by atoms with Crippen LogP contribution < -0.4 is 10.1 Å². The second-order valence-corrected chi connectivity index (χ2v) is 7.49. The lowest BCUT2D eigenvalue weighted by Crippen LogP contribution is -2.30. The molecule has 1 atom stereocenters. The summed E-state index contributed by atoms with van der Waals surface area (Å²) in [6, 6.07) is 4.79. The highest BCUT2D eigenvalue weighted by Gasteiger charge is 2.28. The molecule has 5 nitrogen and oxygen atoms in total. The van der Waals surface area contributed by atoms with Crippen molar-refractivity contribution >= 4 is 27.3 Å². The fourth-order valence-corrected chi connectivity index (χ4v) is 4.26. The number of sulfone groups is 1. The summed E-state index contributed by atoms with van der Waals surface area (Å²) in [5, 5.41) is 3.18. The molecule has 1 saturated heterocycles. The standard InChI is InChI=1S/C13H16ClNO4S/c1-19-12-3-2-10(14)6-11(12)13(16)15-7-9-4-5-20(17,18)8-9/h2-3,6,9H,4-5,7-8H2,1H3,(H,15,16). The maximum absolute atomic E-state index is 12.1. The molecule has 1 amide bonds. The van der Waals surface area contributed by atoms with Gasteiger partial charge in [-0.15, -0.1) is 0 Å². The highest BCUT2D eigenvalue weighted by Crippen LogP contribution is 2.23. The molecule has 20 heavy (non-hydrogen) atoms. The maximum atomic E-state index is 12.1. The summed E-state index contributed by atoms with van der Waals surface area (Å²) in [5.74, 6) is 0.447. The molecule has 1 aliphatic rings. The zero-order chi connectivity index (χ0) is 14.8. The minimum absolute atomic E-state index is 0.0193. The summed E-state index contributed by atoms with van der Waals surface area (Å²) in [4.78, 5) is 12.1.